The molecule has 0 spiro atoms. The van der Waals surface area contributed by atoms with E-state index in [1.54, 1.807) is 16.6 Å². The van der Waals surface area contributed by atoms with Crippen LogP contribution in [-0.4, -0.2) is 43.1 Å². The zero-order chi connectivity index (χ0) is 15.0. The standard InChI is InChI=1S/C14H21NO4S2/c1-10-9-20-13(8-16)14(10)21(17,18)15-6-7-19-12-5-3-2-4-11(12)15/h9,11-12,16H,2-8H2,1H3. The first kappa shape index (κ1) is 15.4. The predicted octanol–water partition coefficient (Wildman–Crippen LogP) is 1.88. The Kier molecular flexibility index (Phi) is 4.38. The third kappa shape index (κ3) is 2.66. The summed E-state index contributed by atoms with van der Waals surface area (Å²) in [7, 11) is -3.56. The van der Waals surface area contributed by atoms with Gasteiger partial charge < -0.3 is 9.84 Å². The number of hydrogen-bond donors (Lipinski definition) is 1. The van der Waals surface area contributed by atoms with Crippen LogP contribution in [0.5, 0.6) is 0 Å². The number of hydrogen-bond acceptors (Lipinski definition) is 5. The summed E-state index contributed by atoms with van der Waals surface area (Å²) >= 11 is 1.31. The van der Waals surface area contributed by atoms with Crippen LogP contribution in [0.3, 0.4) is 0 Å². The fraction of sp³-hybridized carbons (Fsp3) is 0.714. The molecule has 1 aromatic heterocycles. The van der Waals surface area contributed by atoms with Gasteiger partial charge in [0.25, 0.3) is 0 Å². The van der Waals surface area contributed by atoms with Crippen molar-refractivity contribution in [2.75, 3.05) is 13.2 Å². The zero-order valence-corrected chi connectivity index (χ0v) is 13.8. The van der Waals surface area contributed by atoms with Crippen molar-refractivity contribution in [2.24, 2.45) is 0 Å². The minimum absolute atomic E-state index is 0.0267. The Morgan fingerprint density at radius 3 is 2.95 bits per heavy atom. The van der Waals surface area contributed by atoms with Gasteiger partial charge in [-0.3, -0.25) is 0 Å². The molecule has 2 fully saturated rings. The third-order valence-electron chi connectivity index (χ3n) is 4.38. The van der Waals surface area contributed by atoms with Crippen molar-refractivity contribution in [3.63, 3.8) is 0 Å². The lowest BCUT2D eigenvalue weighted by Crippen LogP contribution is -2.54. The smallest absolute Gasteiger partial charge is 0.244 e. The van der Waals surface area contributed by atoms with Gasteiger partial charge in [0.2, 0.25) is 10.0 Å². The Bertz CT molecular complexity index is 608. The number of ether oxygens (including phenoxy) is 1. The quantitative estimate of drug-likeness (QED) is 0.918. The van der Waals surface area contributed by atoms with E-state index in [1.807, 2.05) is 0 Å². The molecule has 1 saturated carbocycles. The molecule has 0 bridgehead atoms. The molecular weight excluding hydrogens is 310 g/mol. The van der Waals surface area contributed by atoms with Crippen LogP contribution in [0.25, 0.3) is 0 Å². The Morgan fingerprint density at radius 2 is 2.19 bits per heavy atom. The number of nitrogens with zero attached hydrogens (tertiary/aromatic N) is 1. The summed E-state index contributed by atoms with van der Waals surface area (Å²) in [4.78, 5) is 0.840. The fourth-order valence-corrected chi connectivity index (χ4v) is 6.70. The van der Waals surface area contributed by atoms with Crippen molar-refractivity contribution in [1.29, 1.82) is 0 Å². The van der Waals surface area contributed by atoms with Crippen LogP contribution < -0.4 is 0 Å². The van der Waals surface area contributed by atoms with Crippen molar-refractivity contribution in [3.8, 4) is 0 Å². The van der Waals surface area contributed by atoms with Gasteiger partial charge in [0.15, 0.2) is 0 Å². The maximum atomic E-state index is 13.1. The normalized spacial score (nSPS) is 27.5. The van der Waals surface area contributed by atoms with Gasteiger partial charge in [-0.2, -0.15) is 4.31 Å². The fourth-order valence-electron chi connectivity index (χ4n) is 3.42. The SMILES string of the molecule is Cc1csc(CO)c1S(=O)(=O)N1CCOC2CCCCC21. The summed E-state index contributed by atoms with van der Waals surface area (Å²) in [6.45, 7) is 2.43. The van der Waals surface area contributed by atoms with Crippen LogP contribution in [0, 0.1) is 6.92 Å². The van der Waals surface area contributed by atoms with Gasteiger partial charge >= 0.3 is 0 Å². The van der Waals surface area contributed by atoms with E-state index in [0.29, 0.717) is 22.9 Å². The first-order valence-electron chi connectivity index (χ1n) is 7.37. The molecule has 118 valence electrons. The average molecular weight is 331 g/mol. The Hall–Kier alpha value is -0.470. The molecule has 0 radical (unpaired) electrons. The van der Waals surface area contributed by atoms with Gasteiger partial charge in [0.05, 0.1) is 30.2 Å². The molecule has 2 unspecified atom stereocenters. The van der Waals surface area contributed by atoms with E-state index in [2.05, 4.69) is 0 Å². The number of aryl methyl sites for hydroxylation is 1. The topological polar surface area (TPSA) is 66.8 Å². The highest BCUT2D eigenvalue weighted by atomic mass is 32.2. The second kappa shape index (κ2) is 5.96. The van der Waals surface area contributed by atoms with Crippen LogP contribution in [0.4, 0.5) is 0 Å². The number of fused-ring (bicyclic) bond motifs is 1. The lowest BCUT2D eigenvalue weighted by molar-refractivity contribution is -0.0586. The van der Waals surface area contributed by atoms with E-state index >= 15 is 0 Å². The molecule has 2 heterocycles. The van der Waals surface area contributed by atoms with Crippen LogP contribution >= 0.6 is 11.3 Å². The minimum Gasteiger partial charge on any atom is -0.391 e. The molecule has 1 N–H and O–H groups in total. The number of aliphatic hydroxyl groups is 1. The number of morpholine rings is 1. The first-order valence-corrected chi connectivity index (χ1v) is 9.69. The van der Waals surface area contributed by atoms with E-state index in [4.69, 9.17) is 4.74 Å². The molecule has 5 nitrogen and oxygen atoms in total. The van der Waals surface area contributed by atoms with Crippen LogP contribution in [0.2, 0.25) is 0 Å². The molecule has 2 aliphatic rings. The van der Waals surface area contributed by atoms with Gasteiger partial charge in [-0.25, -0.2) is 8.42 Å². The highest BCUT2D eigenvalue weighted by molar-refractivity contribution is 7.89. The summed E-state index contributed by atoms with van der Waals surface area (Å²) in [6.07, 6.45) is 3.98. The second-order valence-corrected chi connectivity index (χ2v) is 8.50. The molecule has 1 aliphatic carbocycles. The predicted molar refractivity (Wildman–Crippen MR) is 80.9 cm³/mol. The Balaban J connectivity index is 1.98. The molecule has 3 rings (SSSR count). The van der Waals surface area contributed by atoms with Gasteiger partial charge in [-0.1, -0.05) is 12.8 Å². The molecule has 7 heteroatoms. The maximum Gasteiger partial charge on any atom is 0.244 e. The lowest BCUT2D eigenvalue weighted by Gasteiger charge is -2.42. The zero-order valence-electron chi connectivity index (χ0n) is 12.1. The number of sulfonamides is 1. The number of thiophene rings is 1. The largest absolute Gasteiger partial charge is 0.391 e. The number of aliphatic hydroxyl groups excluding tert-OH is 1. The molecule has 0 amide bonds. The summed E-state index contributed by atoms with van der Waals surface area (Å²) in [5.74, 6) is 0. The van der Waals surface area contributed by atoms with E-state index < -0.39 is 10.0 Å². The molecule has 1 aromatic rings. The highest BCUT2D eigenvalue weighted by Crippen LogP contribution is 2.35. The van der Waals surface area contributed by atoms with Crippen molar-refractivity contribution in [1.82, 2.24) is 4.31 Å². The third-order valence-corrected chi connectivity index (χ3v) is 7.75. The summed E-state index contributed by atoms with van der Waals surface area (Å²) in [6, 6.07) is -0.0525. The monoisotopic (exact) mass is 331 g/mol. The lowest BCUT2D eigenvalue weighted by atomic mass is 9.91. The van der Waals surface area contributed by atoms with Gasteiger partial charge in [-0.05, 0) is 30.7 Å². The van der Waals surface area contributed by atoms with Crippen LogP contribution in [0.15, 0.2) is 10.3 Å². The Morgan fingerprint density at radius 1 is 1.43 bits per heavy atom. The van der Waals surface area contributed by atoms with Crippen molar-refractivity contribution in [3.05, 3.63) is 15.8 Å². The first-order chi connectivity index (χ1) is 10.1. The summed E-state index contributed by atoms with van der Waals surface area (Å²) in [5, 5.41) is 11.2. The maximum absolute atomic E-state index is 13.1. The molecular formula is C14H21NO4S2. The Labute approximate surface area is 129 Å². The van der Waals surface area contributed by atoms with Crippen molar-refractivity contribution < 1.29 is 18.3 Å². The van der Waals surface area contributed by atoms with E-state index in [1.165, 1.54) is 11.3 Å². The van der Waals surface area contributed by atoms with Crippen LogP contribution in [0.1, 0.15) is 36.1 Å². The molecule has 1 aliphatic heterocycles. The molecule has 1 saturated heterocycles. The molecule has 2 atom stereocenters. The van der Waals surface area contributed by atoms with Gasteiger partial charge in [0, 0.05) is 6.54 Å². The van der Waals surface area contributed by atoms with E-state index in [9.17, 15) is 13.5 Å². The average Bonchev–Trinajstić information content (AvgIpc) is 2.88. The highest BCUT2D eigenvalue weighted by Gasteiger charge is 2.42. The van der Waals surface area contributed by atoms with E-state index in [-0.39, 0.29) is 18.8 Å². The van der Waals surface area contributed by atoms with Gasteiger partial charge in [0.1, 0.15) is 4.90 Å². The van der Waals surface area contributed by atoms with Crippen molar-refractivity contribution in [2.45, 2.75) is 56.3 Å². The second-order valence-electron chi connectivity index (χ2n) is 5.71. The van der Waals surface area contributed by atoms with Crippen LogP contribution in [-0.2, 0) is 21.4 Å². The van der Waals surface area contributed by atoms with E-state index in [0.717, 1.165) is 31.2 Å². The minimum atomic E-state index is -3.56. The van der Waals surface area contributed by atoms with Gasteiger partial charge in [-0.15, -0.1) is 11.3 Å². The summed E-state index contributed by atoms with van der Waals surface area (Å²) < 4.78 is 33.5. The summed E-state index contributed by atoms with van der Waals surface area (Å²) in [5.41, 5.74) is 0.725. The molecule has 0 aromatic carbocycles. The van der Waals surface area contributed by atoms with Crippen molar-refractivity contribution >= 4 is 21.4 Å². The molecule has 21 heavy (non-hydrogen) atoms. The number of rotatable bonds is 3.